The maximum absolute atomic E-state index is 13.1. The van der Waals surface area contributed by atoms with E-state index in [1.165, 1.54) is 0 Å². The van der Waals surface area contributed by atoms with E-state index in [2.05, 4.69) is 12.2 Å². The topological polar surface area (TPSA) is 49.4 Å². The molecule has 0 aliphatic carbocycles. The Bertz CT molecular complexity index is 781. The van der Waals surface area contributed by atoms with Crippen molar-refractivity contribution in [2.45, 2.75) is 47.0 Å². The van der Waals surface area contributed by atoms with Crippen LogP contribution >= 0.6 is 0 Å². The maximum atomic E-state index is 13.1. The minimum atomic E-state index is -0.0546. The van der Waals surface area contributed by atoms with Crippen LogP contribution < -0.4 is 10.2 Å². The predicted octanol–water partition coefficient (Wildman–Crippen LogP) is 5.43. The number of nitrogens with one attached hydrogen (secondary N) is 1. The molecule has 0 aliphatic heterocycles. The zero-order chi connectivity index (χ0) is 19.8. The first-order valence-corrected chi connectivity index (χ1v) is 9.79. The molecule has 2 rings (SSSR count). The van der Waals surface area contributed by atoms with Crippen LogP contribution in [0.5, 0.6) is 0 Å². The molecule has 2 aromatic carbocycles. The van der Waals surface area contributed by atoms with Crippen LogP contribution in [0.15, 0.2) is 48.5 Å². The fourth-order valence-electron chi connectivity index (χ4n) is 3.16. The number of carbonyl (C=O) groups is 2. The molecule has 0 radical (unpaired) electrons. The van der Waals surface area contributed by atoms with Crippen LogP contribution in [-0.4, -0.2) is 18.4 Å². The molecule has 4 heteroatoms. The Kier molecular flexibility index (Phi) is 7.59. The zero-order valence-electron chi connectivity index (χ0n) is 16.8. The summed E-state index contributed by atoms with van der Waals surface area (Å²) < 4.78 is 0. The lowest BCUT2D eigenvalue weighted by Gasteiger charge is -2.23. The average molecular weight is 367 g/mol. The summed E-state index contributed by atoms with van der Waals surface area (Å²) in [5.74, 6) is -0.0528. The molecule has 0 bridgehead atoms. The molecule has 0 spiro atoms. The minimum absolute atomic E-state index is 0.00626. The number of rotatable bonds is 8. The van der Waals surface area contributed by atoms with Gasteiger partial charge in [0.05, 0.1) is 0 Å². The SMILES string of the molecule is CCCN(C(=O)c1cccc(NC(=O)C(CC)CC)c1)c1cccc(C)c1. The molecule has 1 N–H and O–H groups in total. The molecule has 0 atom stereocenters. The van der Waals surface area contributed by atoms with Crippen LogP contribution in [0.25, 0.3) is 0 Å². The number of nitrogens with zero attached hydrogens (tertiary/aromatic N) is 1. The van der Waals surface area contributed by atoms with E-state index in [0.717, 1.165) is 30.5 Å². The van der Waals surface area contributed by atoms with Crippen molar-refractivity contribution in [3.05, 3.63) is 59.7 Å². The van der Waals surface area contributed by atoms with E-state index < -0.39 is 0 Å². The van der Waals surface area contributed by atoms with Gasteiger partial charge in [-0.25, -0.2) is 0 Å². The fourth-order valence-corrected chi connectivity index (χ4v) is 3.16. The first-order chi connectivity index (χ1) is 13.0. The lowest BCUT2D eigenvalue weighted by Crippen LogP contribution is -2.31. The summed E-state index contributed by atoms with van der Waals surface area (Å²) in [5, 5.41) is 2.95. The van der Waals surface area contributed by atoms with E-state index >= 15 is 0 Å². The Hall–Kier alpha value is -2.62. The molecule has 0 aromatic heterocycles. The van der Waals surface area contributed by atoms with Crippen LogP contribution in [-0.2, 0) is 4.79 Å². The van der Waals surface area contributed by atoms with Crippen LogP contribution in [0.3, 0.4) is 0 Å². The van der Waals surface area contributed by atoms with Crippen molar-refractivity contribution in [3.8, 4) is 0 Å². The van der Waals surface area contributed by atoms with E-state index in [0.29, 0.717) is 17.8 Å². The summed E-state index contributed by atoms with van der Waals surface area (Å²) in [4.78, 5) is 27.3. The van der Waals surface area contributed by atoms with Gasteiger partial charge in [-0.05, 0) is 62.1 Å². The number of anilines is 2. The summed E-state index contributed by atoms with van der Waals surface area (Å²) in [6.45, 7) is 8.75. The van der Waals surface area contributed by atoms with Gasteiger partial charge in [0.2, 0.25) is 5.91 Å². The second kappa shape index (κ2) is 9.91. The van der Waals surface area contributed by atoms with E-state index in [1.54, 1.807) is 17.0 Å². The molecule has 2 aromatic rings. The lowest BCUT2D eigenvalue weighted by atomic mass is 10.0. The van der Waals surface area contributed by atoms with E-state index in [-0.39, 0.29) is 17.7 Å². The van der Waals surface area contributed by atoms with Crippen molar-refractivity contribution >= 4 is 23.2 Å². The normalized spacial score (nSPS) is 10.7. The molecule has 0 saturated heterocycles. The summed E-state index contributed by atoms with van der Waals surface area (Å²) in [6.07, 6.45) is 2.47. The highest BCUT2D eigenvalue weighted by Crippen LogP contribution is 2.21. The zero-order valence-corrected chi connectivity index (χ0v) is 16.8. The van der Waals surface area contributed by atoms with Crippen LogP contribution in [0.2, 0.25) is 0 Å². The Morgan fingerprint density at radius 1 is 1.00 bits per heavy atom. The van der Waals surface area contributed by atoms with E-state index in [4.69, 9.17) is 0 Å². The molecular weight excluding hydrogens is 336 g/mol. The standard InChI is InChI=1S/C23H30N2O2/c1-5-14-25(21-13-8-10-17(4)15-21)23(27)19-11-9-12-20(16-19)24-22(26)18(6-2)7-3/h8-13,15-16,18H,5-7,14H2,1-4H3,(H,24,26). The Morgan fingerprint density at radius 2 is 1.70 bits per heavy atom. The maximum Gasteiger partial charge on any atom is 0.258 e. The van der Waals surface area contributed by atoms with Gasteiger partial charge in [0.15, 0.2) is 0 Å². The number of benzene rings is 2. The van der Waals surface area contributed by atoms with Gasteiger partial charge in [0, 0.05) is 29.4 Å². The van der Waals surface area contributed by atoms with Gasteiger partial charge in [-0.1, -0.05) is 39.0 Å². The molecule has 27 heavy (non-hydrogen) atoms. The monoisotopic (exact) mass is 366 g/mol. The number of hydrogen-bond donors (Lipinski definition) is 1. The van der Waals surface area contributed by atoms with Crippen molar-refractivity contribution in [1.29, 1.82) is 0 Å². The van der Waals surface area contributed by atoms with Crippen molar-refractivity contribution in [3.63, 3.8) is 0 Å². The van der Waals surface area contributed by atoms with Gasteiger partial charge in [0.25, 0.3) is 5.91 Å². The van der Waals surface area contributed by atoms with E-state index in [1.807, 2.05) is 57.2 Å². The fraction of sp³-hybridized carbons (Fsp3) is 0.391. The highest BCUT2D eigenvalue weighted by atomic mass is 16.2. The van der Waals surface area contributed by atoms with Crippen molar-refractivity contribution < 1.29 is 9.59 Å². The smallest absolute Gasteiger partial charge is 0.258 e. The molecular formula is C23H30N2O2. The van der Waals surface area contributed by atoms with Gasteiger partial charge in [-0.2, -0.15) is 0 Å². The summed E-state index contributed by atoms with van der Waals surface area (Å²) in [5.41, 5.74) is 3.26. The number of carbonyl (C=O) groups excluding carboxylic acids is 2. The second-order valence-corrected chi connectivity index (χ2v) is 6.88. The largest absolute Gasteiger partial charge is 0.326 e. The van der Waals surface area contributed by atoms with Crippen molar-refractivity contribution in [2.75, 3.05) is 16.8 Å². The quantitative estimate of drug-likeness (QED) is 0.677. The Labute approximate surface area is 162 Å². The molecule has 4 nitrogen and oxygen atoms in total. The molecule has 0 heterocycles. The Morgan fingerprint density at radius 3 is 2.33 bits per heavy atom. The van der Waals surface area contributed by atoms with E-state index in [9.17, 15) is 9.59 Å². The molecule has 0 unspecified atom stereocenters. The van der Waals surface area contributed by atoms with Crippen LogP contribution in [0.1, 0.15) is 56.0 Å². The highest BCUT2D eigenvalue weighted by molar-refractivity contribution is 6.07. The average Bonchev–Trinajstić information content (AvgIpc) is 2.66. The molecule has 0 fully saturated rings. The molecule has 0 saturated carbocycles. The second-order valence-electron chi connectivity index (χ2n) is 6.88. The summed E-state index contributed by atoms with van der Waals surface area (Å²) >= 11 is 0. The number of aryl methyl sites for hydroxylation is 1. The van der Waals surface area contributed by atoms with Crippen LogP contribution in [0.4, 0.5) is 11.4 Å². The van der Waals surface area contributed by atoms with Gasteiger partial charge < -0.3 is 10.2 Å². The first-order valence-electron chi connectivity index (χ1n) is 9.79. The van der Waals surface area contributed by atoms with Gasteiger partial charge >= 0.3 is 0 Å². The predicted molar refractivity (Wildman–Crippen MR) is 112 cm³/mol. The minimum Gasteiger partial charge on any atom is -0.326 e. The number of amides is 2. The van der Waals surface area contributed by atoms with Gasteiger partial charge in [-0.15, -0.1) is 0 Å². The third kappa shape index (κ3) is 5.43. The molecule has 144 valence electrons. The van der Waals surface area contributed by atoms with Crippen molar-refractivity contribution in [1.82, 2.24) is 0 Å². The molecule has 2 amide bonds. The Balaban J connectivity index is 2.25. The van der Waals surface area contributed by atoms with Gasteiger partial charge in [0.1, 0.15) is 0 Å². The first kappa shape index (κ1) is 20.7. The summed E-state index contributed by atoms with van der Waals surface area (Å²) in [7, 11) is 0. The van der Waals surface area contributed by atoms with Crippen LogP contribution in [0, 0.1) is 12.8 Å². The summed E-state index contributed by atoms with van der Waals surface area (Å²) in [6, 6.07) is 15.2. The third-order valence-electron chi connectivity index (χ3n) is 4.74. The van der Waals surface area contributed by atoms with Crippen molar-refractivity contribution in [2.24, 2.45) is 5.92 Å². The highest BCUT2D eigenvalue weighted by Gasteiger charge is 2.19. The van der Waals surface area contributed by atoms with Gasteiger partial charge in [-0.3, -0.25) is 9.59 Å². The lowest BCUT2D eigenvalue weighted by molar-refractivity contribution is -0.120. The number of hydrogen-bond acceptors (Lipinski definition) is 2. The third-order valence-corrected chi connectivity index (χ3v) is 4.74. The molecule has 0 aliphatic rings.